The summed E-state index contributed by atoms with van der Waals surface area (Å²) in [6.45, 7) is 1.91. The lowest BCUT2D eigenvalue weighted by atomic mass is 10.2. The molecule has 2 N–H and O–H groups in total. The summed E-state index contributed by atoms with van der Waals surface area (Å²) in [6, 6.07) is 9.28. The molecule has 2 rings (SSSR count). The molecular weight excluding hydrogens is 290 g/mol. The van der Waals surface area contributed by atoms with Gasteiger partial charge in [-0.25, -0.2) is 13.4 Å². The van der Waals surface area contributed by atoms with Gasteiger partial charge in [-0.05, 0) is 5.56 Å². The first kappa shape index (κ1) is 15.7. The molecule has 0 aliphatic rings. The zero-order chi connectivity index (χ0) is 15.3. The Morgan fingerprint density at radius 1 is 1.29 bits per heavy atom. The quantitative estimate of drug-likeness (QED) is 0.803. The van der Waals surface area contributed by atoms with E-state index >= 15 is 0 Å². The summed E-state index contributed by atoms with van der Waals surface area (Å²) in [5, 5.41) is 9.20. The molecule has 6 nitrogen and oxygen atoms in total. The molecule has 1 aromatic heterocycles. The number of imidazole rings is 1. The Hall–Kier alpha value is -1.70. The lowest BCUT2D eigenvalue weighted by molar-refractivity contribution is 0.251. The smallest absolute Gasteiger partial charge is 0.260 e. The fourth-order valence-corrected chi connectivity index (χ4v) is 3.33. The number of aromatic nitrogens is 2. The minimum atomic E-state index is -3.70. The molecule has 0 radical (unpaired) electrons. The van der Waals surface area contributed by atoms with Crippen molar-refractivity contribution in [3.63, 3.8) is 0 Å². The topological polar surface area (TPSA) is 86.3 Å². The van der Waals surface area contributed by atoms with E-state index in [-0.39, 0.29) is 24.7 Å². The van der Waals surface area contributed by atoms with Crippen molar-refractivity contribution < 1.29 is 13.5 Å². The van der Waals surface area contributed by atoms with Crippen molar-refractivity contribution in [3.8, 4) is 0 Å². The summed E-state index contributed by atoms with van der Waals surface area (Å²) < 4.78 is 26.4. The van der Waals surface area contributed by atoms with Crippen LogP contribution < -0.4 is 0 Å². The van der Waals surface area contributed by atoms with Gasteiger partial charge in [0.15, 0.2) is 5.03 Å². The number of nitrogens with zero attached hydrogens (tertiary/aromatic N) is 2. The van der Waals surface area contributed by atoms with E-state index in [1.165, 1.54) is 10.5 Å². The molecule has 0 atom stereocenters. The Balaban J connectivity index is 2.27. The van der Waals surface area contributed by atoms with Gasteiger partial charge in [-0.2, -0.15) is 4.31 Å². The number of hydrogen-bond acceptors (Lipinski definition) is 4. The number of aliphatic hydroxyl groups is 1. The number of hydrogen-bond donors (Lipinski definition) is 2. The molecule has 0 unspecified atom stereocenters. The fourth-order valence-electron chi connectivity index (χ4n) is 1.98. The van der Waals surface area contributed by atoms with Crippen molar-refractivity contribution in [2.24, 2.45) is 0 Å². The fraction of sp³-hybridized carbons (Fsp3) is 0.357. The Morgan fingerprint density at radius 3 is 2.57 bits per heavy atom. The van der Waals surface area contributed by atoms with Gasteiger partial charge in [0.1, 0.15) is 5.82 Å². The number of aromatic amines is 1. The van der Waals surface area contributed by atoms with Crippen LogP contribution in [0.4, 0.5) is 0 Å². The normalized spacial score (nSPS) is 12.0. The standard InChI is InChI=1S/C14H19N3O3S/c1-2-13-15-10-14(16-13)21(19,20)17(8-9-18)11-12-6-4-3-5-7-12/h3-7,10,18H,2,8-9,11H2,1H3,(H,15,16). The molecule has 2 aromatic rings. The maximum absolute atomic E-state index is 12.6. The highest BCUT2D eigenvalue weighted by Crippen LogP contribution is 2.16. The zero-order valence-corrected chi connectivity index (χ0v) is 12.7. The van der Waals surface area contributed by atoms with E-state index in [0.29, 0.717) is 12.2 Å². The zero-order valence-electron chi connectivity index (χ0n) is 11.9. The molecule has 0 aliphatic heterocycles. The molecule has 0 amide bonds. The van der Waals surface area contributed by atoms with Crippen LogP contribution >= 0.6 is 0 Å². The lowest BCUT2D eigenvalue weighted by Gasteiger charge is -2.20. The summed E-state index contributed by atoms with van der Waals surface area (Å²) in [6.07, 6.45) is 1.96. The Bertz CT molecular complexity index is 668. The van der Waals surface area contributed by atoms with Crippen molar-refractivity contribution in [1.29, 1.82) is 0 Å². The lowest BCUT2D eigenvalue weighted by Crippen LogP contribution is -2.33. The molecule has 0 aliphatic carbocycles. The second-order valence-electron chi connectivity index (χ2n) is 4.60. The summed E-state index contributed by atoms with van der Waals surface area (Å²) in [5.74, 6) is 0.622. The van der Waals surface area contributed by atoms with Crippen molar-refractivity contribution in [2.75, 3.05) is 13.2 Å². The van der Waals surface area contributed by atoms with Crippen molar-refractivity contribution >= 4 is 10.0 Å². The van der Waals surface area contributed by atoms with Gasteiger partial charge in [-0.1, -0.05) is 37.3 Å². The molecule has 1 heterocycles. The maximum atomic E-state index is 12.6. The predicted octanol–water partition coefficient (Wildman–Crippen LogP) is 1.16. The van der Waals surface area contributed by atoms with Crippen LogP contribution in [0, 0.1) is 0 Å². The van der Waals surface area contributed by atoms with Crippen LogP contribution in [0.15, 0.2) is 41.6 Å². The number of aliphatic hydroxyl groups excluding tert-OH is 1. The van der Waals surface area contributed by atoms with Crippen molar-refractivity contribution in [1.82, 2.24) is 14.3 Å². The minimum absolute atomic E-state index is 0.0394. The van der Waals surface area contributed by atoms with E-state index in [9.17, 15) is 8.42 Å². The third kappa shape index (κ3) is 3.69. The highest BCUT2D eigenvalue weighted by Gasteiger charge is 2.26. The van der Waals surface area contributed by atoms with Gasteiger partial charge >= 0.3 is 0 Å². The minimum Gasteiger partial charge on any atom is -0.395 e. The Labute approximate surface area is 124 Å². The van der Waals surface area contributed by atoms with E-state index in [1.807, 2.05) is 37.3 Å². The maximum Gasteiger partial charge on any atom is 0.260 e. The van der Waals surface area contributed by atoms with E-state index in [2.05, 4.69) is 9.97 Å². The monoisotopic (exact) mass is 309 g/mol. The van der Waals surface area contributed by atoms with Crippen LogP contribution in [0.1, 0.15) is 18.3 Å². The molecule has 0 bridgehead atoms. The van der Waals surface area contributed by atoms with Gasteiger partial charge in [-0.15, -0.1) is 0 Å². The third-order valence-electron chi connectivity index (χ3n) is 3.11. The number of aryl methyl sites for hydroxylation is 1. The predicted molar refractivity (Wildman–Crippen MR) is 79.1 cm³/mol. The van der Waals surface area contributed by atoms with Gasteiger partial charge < -0.3 is 10.1 Å². The van der Waals surface area contributed by atoms with Crippen LogP contribution in [-0.2, 0) is 23.0 Å². The molecule has 7 heteroatoms. The second kappa shape index (κ2) is 6.84. The van der Waals surface area contributed by atoms with Crippen molar-refractivity contribution in [3.05, 3.63) is 47.9 Å². The van der Waals surface area contributed by atoms with Crippen LogP contribution in [0.5, 0.6) is 0 Å². The van der Waals surface area contributed by atoms with Crippen LogP contribution in [0.2, 0.25) is 0 Å². The Kier molecular flexibility index (Phi) is 5.11. The number of benzene rings is 1. The molecule has 0 fully saturated rings. The molecular formula is C14H19N3O3S. The number of nitrogens with one attached hydrogen (secondary N) is 1. The second-order valence-corrected chi connectivity index (χ2v) is 6.50. The van der Waals surface area contributed by atoms with Gasteiger partial charge in [0.2, 0.25) is 0 Å². The van der Waals surface area contributed by atoms with Gasteiger partial charge in [0, 0.05) is 19.5 Å². The number of sulfonamides is 1. The van der Waals surface area contributed by atoms with Gasteiger partial charge in [-0.3, -0.25) is 0 Å². The van der Waals surface area contributed by atoms with Gasteiger partial charge in [0.25, 0.3) is 10.0 Å². The molecule has 0 saturated heterocycles. The Morgan fingerprint density at radius 2 is 2.00 bits per heavy atom. The average molecular weight is 309 g/mol. The van der Waals surface area contributed by atoms with Crippen LogP contribution in [0.25, 0.3) is 0 Å². The first-order valence-electron chi connectivity index (χ1n) is 6.76. The largest absolute Gasteiger partial charge is 0.395 e. The molecule has 1 aromatic carbocycles. The van der Waals surface area contributed by atoms with Crippen LogP contribution in [0.3, 0.4) is 0 Å². The van der Waals surface area contributed by atoms with E-state index < -0.39 is 10.0 Å². The number of rotatable bonds is 7. The summed E-state index contributed by atoms with van der Waals surface area (Å²) >= 11 is 0. The molecule has 114 valence electrons. The van der Waals surface area contributed by atoms with E-state index in [1.54, 1.807) is 0 Å². The molecule has 21 heavy (non-hydrogen) atoms. The molecule has 0 spiro atoms. The average Bonchev–Trinajstić information content (AvgIpc) is 2.97. The summed E-state index contributed by atoms with van der Waals surface area (Å²) in [5.41, 5.74) is 0.866. The third-order valence-corrected chi connectivity index (χ3v) is 4.86. The summed E-state index contributed by atoms with van der Waals surface area (Å²) in [4.78, 5) is 6.83. The first-order valence-corrected chi connectivity index (χ1v) is 8.20. The number of H-pyrrole nitrogens is 1. The van der Waals surface area contributed by atoms with Gasteiger partial charge in [0.05, 0.1) is 12.8 Å². The van der Waals surface area contributed by atoms with E-state index in [4.69, 9.17) is 5.11 Å². The highest BCUT2D eigenvalue weighted by atomic mass is 32.2. The molecule has 0 saturated carbocycles. The van der Waals surface area contributed by atoms with E-state index in [0.717, 1.165) is 5.56 Å². The highest BCUT2D eigenvalue weighted by molar-refractivity contribution is 7.89. The first-order chi connectivity index (χ1) is 10.1. The van der Waals surface area contributed by atoms with Crippen molar-refractivity contribution in [2.45, 2.75) is 24.9 Å². The SMILES string of the molecule is CCc1ncc(S(=O)(=O)N(CCO)Cc2ccccc2)[nH]1. The summed E-state index contributed by atoms with van der Waals surface area (Å²) in [7, 11) is -3.70. The van der Waals surface area contributed by atoms with Crippen LogP contribution in [-0.4, -0.2) is 40.9 Å².